The lowest BCUT2D eigenvalue weighted by molar-refractivity contribution is 0.0731. The maximum Gasteiger partial charge on any atom is 0.231 e. The SMILES string of the molecule is C[C@@](O)(c1ccsc1)c1nc2ccccc2o1. The molecule has 1 N–H and O–H groups in total. The van der Waals surface area contributed by atoms with Gasteiger partial charge in [-0.3, -0.25) is 0 Å². The first kappa shape index (κ1) is 10.5. The average molecular weight is 245 g/mol. The Morgan fingerprint density at radius 2 is 2.12 bits per heavy atom. The van der Waals surface area contributed by atoms with Gasteiger partial charge in [0.25, 0.3) is 0 Å². The molecule has 17 heavy (non-hydrogen) atoms. The van der Waals surface area contributed by atoms with E-state index >= 15 is 0 Å². The van der Waals surface area contributed by atoms with E-state index in [4.69, 9.17) is 4.42 Å². The van der Waals surface area contributed by atoms with Gasteiger partial charge in [-0.25, -0.2) is 4.98 Å². The van der Waals surface area contributed by atoms with Crippen molar-refractivity contribution >= 4 is 22.4 Å². The molecular weight excluding hydrogens is 234 g/mol. The summed E-state index contributed by atoms with van der Waals surface area (Å²) >= 11 is 1.54. The lowest BCUT2D eigenvalue weighted by Gasteiger charge is -2.17. The highest BCUT2D eigenvalue weighted by molar-refractivity contribution is 7.08. The zero-order valence-corrected chi connectivity index (χ0v) is 10.1. The topological polar surface area (TPSA) is 46.3 Å². The molecule has 0 amide bonds. The van der Waals surface area contributed by atoms with Gasteiger partial charge >= 0.3 is 0 Å². The van der Waals surface area contributed by atoms with Gasteiger partial charge in [-0.15, -0.1) is 0 Å². The van der Waals surface area contributed by atoms with Gasteiger partial charge in [-0.1, -0.05) is 12.1 Å². The molecule has 0 aliphatic heterocycles. The van der Waals surface area contributed by atoms with Crippen molar-refractivity contribution < 1.29 is 9.52 Å². The molecule has 0 bridgehead atoms. The second kappa shape index (κ2) is 3.68. The van der Waals surface area contributed by atoms with E-state index in [0.29, 0.717) is 11.5 Å². The van der Waals surface area contributed by atoms with Crippen LogP contribution in [-0.4, -0.2) is 10.1 Å². The predicted molar refractivity (Wildman–Crippen MR) is 67.0 cm³/mol. The standard InChI is InChI=1S/C13H11NO2S/c1-13(15,9-6-7-17-8-9)12-14-10-4-2-3-5-11(10)16-12/h2-8,15H,1H3/t13-/m1/s1. The van der Waals surface area contributed by atoms with E-state index in [0.717, 1.165) is 11.1 Å². The second-order valence-corrected chi connectivity index (χ2v) is 4.85. The number of fused-ring (bicyclic) bond motifs is 1. The summed E-state index contributed by atoms with van der Waals surface area (Å²) < 4.78 is 5.60. The number of para-hydroxylation sites is 2. The molecule has 0 aliphatic rings. The van der Waals surface area contributed by atoms with Crippen LogP contribution in [0.5, 0.6) is 0 Å². The summed E-state index contributed by atoms with van der Waals surface area (Å²) in [6.45, 7) is 1.69. The van der Waals surface area contributed by atoms with E-state index in [1.54, 1.807) is 6.92 Å². The molecule has 86 valence electrons. The Morgan fingerprint density at radius 3 is 2.82 bits per heavy atom. The van der Waals surface area contributed by atoms with Crippen LogP contribution >= 0.6 is 11.3 Å². The number of hydrogen-bond donors (Lipinski definition) is 1. The Hall–Kier alpha value is -1.65. The van der Waals surface area contributed by atoms with Crippen molar-refractivity contribution in [3.63, 3.8) is 0 Å². The number of aliphatic hydroxyl groups is 1. The summed E-state index contributed by atoms with van der Waals surface area (Å²) in [6, 6.07) is 9.37. The van der Waals surface area contributed by atoms with E-state index in [2.05, 4.69) is 4.98 Å². The fourth-order valence-electron chi connectivity index (χ4n) is 1.75. The van der Waals surface area contributed by atoms with Crippen LogP contribution in [0.1, 0.15) is 18.4 Å². The third kappa shape index (κ3) is 1.66. The number of thiophene rings is 1. The molecule has 0 spiro atoms. The maximum atomic E-state index is 10.5. The lowest BCUT2D eigenvalue weighted by Crippen LogP contribution is -2.22. The smallest absolute Gasteiger partial charge is 0.231 e. The predicted octanol–water partition coefficient (Wildman–Crippen LogP) is 3.15. The number of oxazole rings is 1. The van der Waals surface area contributed by atoms with Gasteiger partial charge in [0, 0.05) is 5.56 Å². The van der Waals surface area contributed by atoms with E-state index in [9.17, 15) is 5.11 Å². The first-order valence-corrected chi connectivity index (χ1v) is 6.23. The highest BCUT2D eigenvalue weighted by Crippen LogP contribution is 2.31. The van der Waals surface area contributed by atoms with E-state index in [1.165, 1.54) is 11.3 Å². The molecule has 2 aromatic heterocycles. The molecule has 0 radical (unpaired) electrons. The van der Waals surface area contributed by atoms with Crippen LogP contribution in [0.2, 0.25) is 0 Å². The molecule has 3 aromatic rings. The number of hydrogen-bond acceptors (Lipinski definition) is 4. The second-order valence-electron chi connectivity index (χ2n) is 4.07. The molecule has 1 atom stereocenters. The van der Waals surface area contributed by atoms with Crippen molar-refractivity contribution in [3.8, 4) is 0 Å². The highest BCUT2D eigenvalue weighted by atomic mass is 32.1. The van der Waals surface area contributed by atoms with Gasteiger partial charge in [0.1, 0.15) is 5.52 Å². The summed E-state index contributed by atoms with van der Waals surface area (Å²) in [5, 5.41) is 14.3. The van der Waals surface area contributed by atoms with Crippen LogP contribution in [0.15, 0.2) is 45.5 Å². The Morgan fingerprint density at radius 1 is 1.29 bits per heavy atom. The Bertz CT molecular complexity index is 607. The Kier molecular flexibility index (Phi) is 2.28. The van der Waals surface area contributed by atoms with Gasteiger partial charge in [0.2, 0.25) is 5.89 Å². The molecule has 0 fully saturated rings. The maximum absolute atomic E-state index is 10.5. The quantitative estimate of drug-likeness (QED) is 0.754. The van der Waals surface area contributed by atoms with Gasteiger partial charge in [-0.05, 0) is 35.9 Å². The normalized spacial score (nSPS) is 14.9. The molecule has 0 unspecified atom stereocenters. The van der Waals surface area contributed by atoms with Crippen molar-refractivity contribution in [2.45, 2.75) is 12.5 Å². The summed E-state index contributed by atoms with van der Waals surface area (Å²) in [5.41, 5.74) is 1.07. The van der Waals surface area contributed by atoms with Crippen molar-refractivity contribution in [1.29, 1.82) is 0 Å². The summed E-state index contributed by atoms with van der Waals surface area (Å²) in [7, 11) is 0. The highest BCUT2D eigenvalue weighted by Gasteiger charge is 2.31. The van der Waals surface area contributed by atoms with Crippen LogP contribution in [0, 0.1) is 0 Å². The van der Waals surface area contributed by atoms with Gasteiger partial charge in [-0.2, -0.15) is 11.3 Å². The van der Waals surface area contributed by atoms with Crippen LogP contribution in [0.25, 0.3) is 11.1 Å². The van der Waals surface area contributed by atoms with Gasteiger partial charge in [0.05, 0.1) is 0 Å². The molecule has 0 aliphatic carbocycles. The minimum atomic E-state index is -1.18. The third-order valence-electron chi connectivity index (χ3n) is 2.79. The largest absolute Gasteiger partial charge is 0.437 e. The van der Waals surface area contributed by atoms with Crippen LogP contribution in [0.3, 0.4) is 0 Å². The minimum Gasteiger partial charge on any atom is -0.437 e. The average Bonchev–Trinajstić information content (AvgIpc) is 2.98. The molecule has 3 nitrogen and oxygen atoms in total. The number of benzene rings is 1. The Labute approximate surface area is 102 Å². The molecule has 1 aromatic carbocycles. The van der Waals surface area contributed by atoms with Gasteiger partial charge < -0.3 is 9.52 Å². The van der Waals surface area contributed by atoms with Crippen molar-refractivity contribution in [3.05, 3.63) is 52.5 Å². The third-order valence-corrected chi connectivity index (χ3v) is 3.48. The Balaban J connectivity index is 2.15. The first-order valence-electron chi connectivity index (χ1n) is 5.29. The fourth-order valence-corrected chi connectivity index (χ4v) is 2.50. The monoisotopic (exact) mass is 245 g/mol. The van der Waals surface area contributed by atoms with Crippen molar-refractivity contribution in [2.75, 3.05) is 0 Å². The molecule has 3 rings (SSSR count). The fraction of sp³-hybridized carbons (Fsp3) is 0.154. The zero-order chi connectivity index (χ0) is 11.9. The van der Waals surface area contributed by atoms with E-state index in [1.807, 2.05) is 41.1 Å². The van der Waals surface area contributed by atoms with Gasteiger partial charge in [0.15, 0.2) is 11.2 Å². The molecular formula is C13H11NO2S. The molecule has 0 saturated heterocycles. The van der Waals surface area contributed by atoms with E-state index < -0.39 is 5.60 Å². The first-order chi connectivity index (χ1) is 8.18. The zero-order valence-electron chi connectivity index (χ0n) is 9.25. The number of rotatable bonds is 2. The van der Waals surface area contributed by atoms with Crippen molar-refractivity contribution in [2.24, 2.45) is 0 Å². The van der Waals surface area contributed by atoms with Crippen LogP contribution in [0.4, 0.5) is 0 Å². The lowest BCUT2D eigenvalue weighted by atomic mass is 9.99. The minimum absolute atomic E-state index is 0.331. The van der Waals surface area contributed by atoms with E-state index in [-0.39, 0.29) is 0 Å². The number of nitrogens with zero attached hydrogens (tertiary/aromatic N) is 1. The molecule has 2 heterocycles. The summed E-state index contributed by atoms with van der Waals surface area (Å²) in [5.74, 6) is 0.331. The van der Waals surface area contributed by atoms with Crippen LogP contribution < -0.4 is 0 Å². The summed E-state index contributed by atoms with van der Waals surface area (Å²) in [6.07, 6.45) is 0. The molecule has 4 heteroatoms. The van der Waals surface area contributed by atoms with Crippen LogP contribution in [-0.2, 0) is 5.60 Å². The summed E-state index contributed by atoms with van der Waals surface area (Å²) in [4.78, 5) is 4.33. The number of aromatic nitrogens is 1. The van der Waals surface area contributed by atoms with Crippen molar-refractivity contribution in [1.82, 2.24) is 4.98 Å². The molecule has 0 saturated carbocycles.